The topological polar surface area (TPSA) is 55.1 Å². The second kappa shape index (κ2) is 5.11. The van der Waals surface area contributed by atoms with Crippen molar-refractivity contribution < 1.29 is 9.90 Å². The SMILES string of the molecule is O=C(O)c1nn(-c2cccc(Cl)c2Cl)c2c1CCCC2. The van der Waals surface area contributed by atoms with Gasteiger partial charge in [-0.05, 0) is 37.8 Å². The lowest BCUT2D eigenvalue weighted by Gasteiger charge is -2.15. The molecular formula is C14H12Cl2N2O2. The normalized spacial score (nSPS) is 14.1. The highest BCUT2D eigenvalue weighted by Gasteiger charge is 2.26. The molecule has 0 radical (unpaired) electrons. The molecule has 1 heterocycles. The van der Waals surface area contributed by atoms with Gasteiger partial charge in [0.05, 0.1) is 15.7 Å². The number of aromatic nitrogens is 2. The highest BCUT2D eigenvalue weighted by molar-refractivity contribution is 6.43. The van der Waals surface area contributed by atoms with Gasteiger partial charge in [-0.15, -0.1) is 0 Å². The number of hydrogen-bond donors (Lipinski definition) is 1. The Morgan fingerprint density at radius 3 is 2.75 bits per heavy atom. The molecule has 0 spiro atoms. The first-order valence-electron chi connectivity index (χ1n) is 6.38. The molecule has 4 nitrogen and oxygen atoms in total. The zero-order valence-electron chi connectivity index (χ0n) is 10.6. The number of benzene rings is 1. The highest BCUT2D eigenvalue weighted by Crippen LogP contribution is 2.32. The van der Waals surface area contributed by atoms with Gasteiger partial charge in [0.25, 0.3) is 0 Å². The first-order valence-corrected chi connectivity index (χ1v) is 7.13. The van der Waals surface area contributed by atoms with Crippen molar-refractivity contribution in [1.29, 1.82) is 0 Å². The molecule has 104 valence electrons. The van der Waals surface area contributed by atoms with Crippen LogP contribution in [0.3, 0.4) is 0 Å². The minimum atomic E-state index is -1.000. The molecule has 1 aliphatic carbocycles. The van der Waals surface area contributed by atoms with E-state index in [0.717, 1.165) is 36.9 Å². The van der Waals surface area contributed by atoms with Gasteiger partial charge in [0.15, 0.2) is 5.69 Å². The number of carboxylic acid groups (broad SMARTS) is 1. The van der Waals surface area contributed by atoms with Gasteiger partial charge in [0, 0.05) is 11.3 Å². The average molecular weight is 311 g/mol. The van der Waals surface area contributed by atoms with E-state index in [-0.39, 0.29) is 5.69 Å². The fourth-order valence-corrected chi connectivity index (χ4v) is 3.00. The second-order valence-corrected chi connectivity index (χ2v) is 5.56. The number of aromatic carboxylic acids is 1. The minimum Gasteiger partial charge on any atom is -0.476 e. The third-order valence-corrected chi connectivity index (χ3v) is 4.35. The maximum atomic E-state index is 11.3. The Morgan fingerprint density at radius 1 is 1.25 bits per heavy atom. The lowest BCUT2D eigenvalue weighted by atomic mass is 9.95. The van der Waals surface area contributed by atoms with Gasteiger partial charge in [-0.3, -0.25) is 0 Å². The molecule has 0 bridgehead atoms. The molecule has 3 rings (SSSR count). The molecule has 1 aliphatic rings. The predicted molar refractivity (Wildman–Crippen MR) is 77.2 cm³/mol. The van der Waals surface area contributed by atoms with Crippen molar-refractivity contribution in [1.82, 2.24) is 9.78 Å². The summed E-state index contributed by atoms with van der Waals surface area (Å²) in [6, 6.07) is 5.27. The average Bonchev–Trinajstić information content (AvgIpc) is 2.82. The number of carbonyl (C=O) groups is 1. The molecule has 0 saturated heterocycles. The Kier molecular flexibility index (Phi) is 3.44. The van der Waals surface area contributed by atoms with E-state index < -0.39 is 5.97 Å². The molecule has 0 amide bonds. The van der Waals surface area contributed by atoms with Crippen molar-refractivity contribution >= 4 is 29.2 Å². The van der Waals surface area contributed by atoms with Crippen molar-refractivity contribution in [2.24, 2.45) is 0 Å². The van der Waals surface area contributed by atoms with Crippen molar-refractivity contribution in [3.8, 4) is 5.69 Å². The van der Waals surface area contributed by atoms with Gasteiger partial charge in [0.2, 0.25) is 0 Å². The largest absolute Gasteiger partial charge is 0.476 e. The van der Waals surface area contributed by atoms with E-state index >= 15 is 0 Å². The van der Waals surface area contributed by atoms with Crippen LogP contribution in [0.4, 0.5) is 0 Å². The summed E-state index contributed by atoms with van der Waals surface area (Å²) in [7, 11) is 0. The summed E-state index contributed by atoms with van der Waals surface area (Å²) in [5.41, 5.74) is 2.50. The summed E-state index contributed by atoms with van der Waals surface area (Å²) in [5, 5.41) is 14.3. The predicted octanol–water partition coefficient (Wildman–Crippen LogP) is 3.76. The first-order chi connectivity index (χ1) is 9.59. The number of carboxylic acids is 1. The Hall–Kier alpha value is -1.52. The molecule has 1 N–H and O–H groups in total. The minimum absolute atomic E-state index is 0.121. The molecule has 0 unspecified atom stereocenters. The van der Waals surface area contributed by atoms with Crippen molar-refractivity contribution in [2.75, 3.05) is 0 Å². The van der Waals surface area contributed by atoms with Crippen LogP contribution >= 0.6 is 23.2 Å². The fraction of sp³-hybridized carbons (Fsp3) is 0.286. The maximum absolute atomic E-state index is 11.3. The summed E-state index contributed by atoms with van der Waals surface area (Å²) in [6.07, 6.45) is 3.56. The van der Waals surface area contributed by atoms with Gasteiger partial charge in [-0.25, -0.2) is 9.48 Å². The molecule has 1 aromatic heterocycles. The molecule has 0 atom stereocenters. The lowest BCUT2D eigenvalue weighted by Crippen LogP contribution is -2.08. The maximum Gasteiger partial charge on any atom is 0.356 e. The van der Waals surface area contributed by atoms with E-state index in [1.54, 1.807) is 22.9 Å². The summed E-state index contributed by atoms with van der Waals surface area (Å²) in [6.45, 7) is 0. The van der Waals surface area contributed by atoms with E-state index in [4.69, 9.17) is 23.2 Å². The number of halogens is 2. The Labute approximate surface area is 125 Å². The third kappa shape index (κ3) is 2.09. The van der Waals surface area contributed by atoms with Crippen LogP contribution in [0.15, 0.2) is 18.2 Å². The standard InChI is InChI=1S/C14H12Cl2N2O2/c15-9-5-3-7-11(12(9)16)18-10-6-2-1-4-8(10)13(17-18)14(19)20/h3,5,7H,1-2,4,6H2,(H,19,20). The number of fused-ring (bicyclic) bond motifs is 1. The zero-order chi connectivity index (χ0) is 14.3. The van der Waals surface area contributed by atoms with Crippen LogP contribution in [0.5, 0.6) is 0 Å². The van der Waals surface area contributed by atoms with E-state index in [9.17, 15) is 9.90 Å². The van der Waals surface area contributed by atoms with Crippen LogP contribution in [0.1, 0.15) is 34.6 Å². The lowest BCUT2D eigenvalue weighted by molar-refractivity contribution is 0.0688. The number of hydrogen-bond acceptors (Lipinski definition) is 2. The first kappa shape index (κ1) is 13.5. The second-order valence-electron chi connectivity index (χ2n) is 4.77. The van der Waals surface area contributed by atoms with Crippen LogP contribution in [0, 0.1) is 0 Å². The molecule has 0 saturated carbocycles. The van der Waals surface area contributed by atoms with Crippen LogP contribution in [0.25, 0.3) is 5.69 Å². The summed E-state index contributed by atoms with van der Waals surface area (Å²) < 4.78 is 1.63. The number of nitrogens with zero attached hydrogens (tertiary/aromatic N) is 2. The van der Waals surface area contributed by atoms with E-state index in [1.165, 1.54) is 0 Å². The highest BCUT2D eigenvalue weighted by atomic mass is 35.5. The molecule has 6 heteroatoms. The quantitative estimate of drug-likeness (QED) is 0.919. The monoisotopic (exact) mass is 310 g/mol. The van der Waals surface area contributed by atoms with Gasteiger partial charge in [-0.1, -0.05) is 29.3 Å². The van der Waals surface area contributed by atoms with Gasteiger partial charge in [0.1, 0.15) is 0 Å². The summed E-state index contributed by atoms with van der Waals surface area (Å²) in [5.74, 6) is -1.000. The van der Waals surface area contributed by atoms with Crippen LogP contribution in [0.2, 0.25) is 10.0 Å². The fourth-order valence-electron chi connectivity index (χ4n) is 2.63. The summed E-state index contributed by atoms with van der Waals surface area (Å²) >= 11 is 12.2. The van der Waals surface area contributed by atoms with Gasteiger partial charge in [-0.2, -0.15) is 5.10 Å². The van der Waals surface area contributed by atoms with Crippen molar-refractivity contribution in [3.63, 3.8) is 0 Å². The van der Waals surface area contributed by atoms with Gasteiger partial charge < -0.3 is 5.11 Å². The molecular weight excluding hydrogens is 299 g/mol. The molecule has 0 fully saturated rings. The van der Waals surface area contributed by atoms with Gasteiger partial charge >= 0.3 is 5.97 Å². The van der Waals surface area contributed by atoms with Crippen molar-refractivity contribution in [3.05, 3.63) is 45.2 Å². The summed E-state index contributed by atoms with van der Waals surface area (Å²) in [4.78, 5) is 11.3. The smallest absolute Gasteiger partial charge is 0.356 e. The zero-order valence-corrected chi connectivity index (χ0v) is 12.1. The van der Waals surface area contributed by atoms with E-state index in [0.29, 0.717) is 15.7 Å². The number of rotatable bonds is 2. The molecule has 2 aromatic rings. The molecule has 0 aliphatic heterocycles. The van der Waals surface area contributed by atoms with E-state index in [2.05, 4.69) is 5.10 Å². The molecule has 20 heavy (non-hydrogen) atoms. The van der Waals surface area contributed by atoms with Crippen LogP contribution < -0.4 is 0 Å². The third-order valence-electron chi connectivity index (χ3n) is 3.54. The van der Waals surface area contributed by atoms with Crippen LogP contribution in [-0.2, 0) is 12.8 Å². The Bertz CT molecular complexity index is 695. The Morgan fingerprint density at radius 2 is 2.00 bits per heavy atom. The van der Waals surface area contributed by atoms with Crippen LogP contribution in [-0.4, -0.2) is 20.9 Å². The molecule has 1 aromatic carbocycles. The van der Waals surface area contributed by atoms with E-state index in [1.807, 2.05) is 0 Å². The Balaban J connectivity index is 2.24. The van der Waals surface area contributed by atoms with Crippen molar-refractivity contribution in [2.45, 2.75) is 25.7 Å².